The van der Waals surface area contributed by atoms with Crippen LogP contribution in [0.4, 0.5) is 0 Å². The van der Waals surface area contributed by atoms with Crippen LogP contribution in [-0.2, 0) is 0 Å². The molecule has 1 saturated carbocycles. The number of halogens is 1. The first-order valence-electron chi connectivity index (χ1n) is 6.34. The Balaban J connectivity index is 3.05. The van der Waals surface area contributed by atoms with E-state index in [0.717, 1.165) is 31.3 Å². The van der Waals surface area contributed by atoms with Crippen LogP contribution in [0.3, 0.4) is 0 Å². The second kappa shape index (κ2) is 6.00. The lowest BCUT2D eigenvalue weighted by Gasteiger charge is -2.22. The third-order valence-corrected chi connectivity index (χ3v) is 7.23. The molecule has 0 spiro atoms. The number of hydrogen-bond donors (Lipinski definition) is 0. The summed E-state index contributed by atoms with van der Waals surface area (Å²) in [7, 11) is -1.72. The van der Waals surface area contributed by atoms with Crippen molar-refractivity contribution in [3.05, 3.63) is 21.4 Å². The zero-order valence-corrected chi connectivity index (χ0v) is 12.7. The standard InChI is InChI=1S/C12H22ClNO2Si/c1-17(2,3)12(13)11(14(15)16)10-8-6-4-5-7-9-10/h12H,4-9H2,1-3H3. The minimum absolute atomic E-state index is 0.226. The van der Waals surface area contributed by atoms with Gasteiger partial charge in [-0.05, 0) is 25.7 Å². The van der Waals surface area contributed by atoms with Gasteiger partial charge in [0.05, 0.1) is 13.0 Å². The third kappa shape index (κ3) is 4.10. The maximum absolute atomic E-state index is 11.3. The van der Waals surface area contributed by atoms with Gasteiger partial charge in [-0.3, -0.25) is 10.1 Å². The van der Waals surface area contributed by atoms with Crippen LogP contribution >= 0.6 is 11.6 Å². The molecule has 0 N–H and O–H groups in total. The first-order valence-corrected chi connectivity index (χ1v) is 10.4. The predicted octanol–water partition coefficient (Wildman–Crippen LogP) is 4.36. The summed E-state index contributed by atoms with van der Waals surface area (Å²) >= 11 is 6.37. The van der Waals surface area contributed by atoms with Gasteiger partial charge in [-0.25, -0.2) is 0 Å². The van der Waals surface area contributed by atoms with Crippen LogP contribution in [0.5, 0.6) is 0 Å². The van der Waals surface area contributed by atoms with Gasteiger partial charge in [0.15, 0.2) is 0 Å². The Labute approximate surface area is 109 Å². The first kappa shape index (κ1) is 14.7. The summed E-state index contributed by atoms with van der Waals surface area (Å²) in [5.74, 6) is 0. The van der Waals surface area contributed by atoms with E-state index in [1.165, 1.54) is 12.8 Å². The molecule has 0 aromatic heterocycles. The first-order chi connectivity index (χ1) is 7.84. The highest BCUT2D eigenvalue weighted by atomic mass is 35.5. The number of allylic oxidation sites excluding steroid dienone is 2. The lowest BCUT2D eigenvalue weighted by atomic mass is 10.1. The predicted molar refractivity (Wildman–Crippen MR) is 74.7 cm³/mol. The zero-order chi connectivity index (χ0) is 13.1. The molecular formula is C12H22ClNO2Si. The summed E-state index contributed by atoms with van der Waals surface area (Å²) in [6.07, 6.45) is 6.25. The summed E-state index contributed by atoms with van der Waals surface area (Å²) in [5, 5.41) is 10.9. The van der Waals surface area contributed by atoms with E-state index < -0.39 is 8.07 Å². The zero-order valence-electron chi connectivity index (χ0n) is 11.0. The molecule has 1 aliphatic carbocycles. The van der Waals surface area contributed by atoms with E-state index in [0.29, 0.717) is 5.70 Å². The van der Waals surface area contributed by atoms with E-state index in [1.54, 1.807) is 0 Å². The van der Waals surface area contributed by atoms with Crippen LogP contribution in [-0.4, -0.2) is 18.0 Å². The van der Waals surface area contributed by atoms with Gasteiger partial charge in [-0.2, -0.15) is 0 Å². The molecule has 0 bridgehead atoms. The van der Waals surface area contributed by atoms with Crippen molar-refractivity contribution in [3.63, 3.8) is 0 Å². The number of nitrogens with zero attached hydrogens (tertiary/aromatic N) is 1. The fourth-order valence-electron chi connectivity index (χ4n) is 2.22. The Morgan fingerprint density at radius 1 is 1.24 bits per heavy atom. The van der Waals surface area contributed by atoms with E-state index in [4.69, 9.17) is 11.6 Å². The van der Waals surface area contributed by atoms with Crippen LogP contribution in [0, 0.1) is 10.1 Å². The average Bonchev–Trinajstić information content (AvgIpc) is 2.44. The molecule has 0 aromatic carbocycles. The van der Waals surface area contributed by atoms with Crippen LogP contribution < -0.4 is 0 Å². The summed E-state index contributed by atoms with van der Waals surface area (Å²) in [4.78, 5) is 11.1. The summed E-state index contributed by atoms with van der Waals surface area (Å²) in [5.41, 5.74) is 1.34. The fraction of sp³-hybridized carbons (Fsp3) is 0.833. The molecule has 17 heavy (non-hydrogen) atoms. The third-order valence-electron chi connectivity index (χ3n) is 3.27. The normalized spacial score (nSPS) is 19.6. The van der Waals surface area contributed by atoms with Gasteiger partial charge in [-0.15, -0.1) is 11.6 Å². The summed E-state index contributed by atoms with van der Waals surface area (Å²) < 4.78 is 0. The quantitative estimate of drug-likeness (QED) is 0.253. The van der Waals surface area contributed by atoms with E-state index in [2.05, 4.69) is 19.6 Å². The van der Waals surface area contributed by atoms with Crippen LogP contribution in [0.15, 0.2) is 11.3 Å². The number of nitro groups is 1. The van der Waals surface area contributed by atoms with Crippen molar-refractivity contribution in [2.24, 2.45) is 0 Å². The van der Waals surface area contributed by atoms with Crippen LogP contribution in [0.25, 0.3) is 0 Å². The van der Waals surface area contributed by atoms with Crippen molar-refractivity contribution in [2.75, 3.05) is 0 Å². The number of rotatable bonds is 3. The fourth-order valence-corrected chi connectivity index (χ4v) is 3.59. The molecule has 1 aliphatic rings. The molecule has 0 saturated heterocycles. The molecule has 1 atom stereocenters. The maximum Gasteiger partial charge on any atom is 0.260 e. The van der Waals surface area contributed by atoms with E-state index >= 15 is 0 Å². The van der Waals surface area contributed by atoms with Gasteiger partial charge in [-0.1, -0.05) is 32.5 Å². The lowest BCUT2D eigenvalue weighted by Crippen LogP contribution is -2.38. The Kier molecular flexibility index (Phi) is 5.19. The monoisotopic (exact) mass is 275 g/mol. The van der Waals surface area contributed by atoms with Gasteiger partial charge >= 0.3 is 0 Å². The van der Waals surface area contributed by atoms with Crippen LogP contribution in [0.2, 0.25) is 19.6 Å². The second-order valence-electron chi connectivity index (χ2n) is 5.89. The molecule has 0 heterocycles. The molecular weight excluding hydrogens is 254 g/mol. The van der Waals surface area contributed by atoms with Gasteiger partial charge in [0.25, 0.3) is 5.70 Å². The Morgan fingerprint density at radius 3 is 2.06 bits per heavy atom. The minimum Gasteiger partial charge on any atom is -0.259 e. The average molecular weight is 276 g/mol. The topological polar surface area (TPSA) is 43.1 Å². The maximum atomic E-state index is 11.3. The summed E-state index contributed by atoms with van der Waals surface area (Å²) in [6.45, 7) is 6.27. The van der Waals surface area contributed by atoms with E-state index in [1.807, 2.05) is 0 Å². The minimum atomic E-state index is -1.72. The molecule has 1 rings (SSSR count). The van der Waals surface area contributed by atoms with Crippen molar-refractivity contribution >= 4 is 19.7 Å². The van der Waals surface area contributed by atoms with Crippen molar-refractivity contribution in [1.82, 2.24) is 0 Å². The molecule has 0 aromatic rings. The molecule has 0 aliphatic heterocycles. The van der Waals surface area contributed by atoms with Gasteiger partial charge in [0.2, 0.25) is 0 Å². The highest BCUT2D eigenvalue weighted by molar-refractivity contribution is 6.84. The van der Waals surface area contributed by atoms with Crippen molar-refractivity contribution < 1.29 is 4.92 Å². The molecule has 1 unspecified atom stereocenters. The largest absolute Gasteiger partial charge is 0.260 e. The van der Waals surface area contributed by atoms with Crippen LogP contribution in [0.1, 0.15) is 38.5 Å². The Hall–Kier alpha value is -0.353. The highest BCUT2D eigenvalue weighted by Gasteiger charge is 2.37. The van der Waals surface area contributed by atoms with E-state index in [-0.39, 0.29) is 9.92 Å². The van der Waals surface area contributed by atoms with E-state index in [9.17, 15) is 10.1 Å². The smallest absolute Gasteiger partial charge is 0.259 e. The highest BCUT2D eigenvalue weighted by Crippen LogP contribution is 2.31. The number of alkyl halides is 1. The second-order valence-corrected chi connectivity index (χ2v) is 12.0. The molecule has 1 fully saturated rings. The molecule has 98 valence electrons. The molecule has 0 radical (unpaired) electrons. The number of hydrogen-bond acceptors (Lipinski definition) is 2. The molecule has 5 heteroatoms. The SMILES string of the molecule is C[Si](C)(C)C(Cl)C(=C1CCCCCC1)[N+](=O)[O-]. The Bertz CT molecular complexity index is 313. The van der Waals surface area contributed by atoms with Gasteiger partial charge < -0.3 is 0 Å². The molecule has 0 amide bonds. The summed E-state index contributed by atoms with van der Waals surface area (Å²) in [6, 6.07) is 0. The molecule has 3 nitrogen and oxygen atoms in total. The van der Waals surface area contributed by atoms with Gasteiger partial charge in [0, 0.05) is 5.57 Å². The van der Waals surface area contributed by atoms with Gasteiger partial charge in [0.1, 0.15) is 5.00 Å². The van der Waals surface area contributed by atoms with Crippen molar-refractivity contribution in [3.8, 4) is 0 Å². The lowest BCUT2D eigenvalue weighted by molar-refractivity contribution is -0.426. The van der Waals surface area contributed by atoms with Crippen molar-refractivity contribution in [2.45, 2.75) is 63.2 Å². The van der Waals surface area contributed by atoms with Crippen molar-refractivity contribution in [1.29, 1.82) is 0 Å². The Morgan fingerprint density at radius 2 is 1.71 bits per heavy atom.